The minimum atomic E-state index is 0.339. The Morgan fingerprint density at radius 3 is 1.33 bits per heavy atom. The summed E-state index contributed by atoms with van der Waals surface area (Å²) < 4.78 is 0. The van der Waals surface area contributed by atoms with Crippen molar-refractivity contribution in [1.29, 1.82) is 0 Å². The molecule has 1 aliphatic carbocycles. The van der Waals surface area contributed by atoms with Crippen LogP contribution in [0.4, 0.5) is 0 Å². The molecule has 0 unspecified atom stereocenters. The first-order chi connectivity index (χ1) is 12.4. The molecule has 1 aliphatic rings. The van der Waals surface area contributed by atoms with Gasteiger partial charge in [0.25, 0.3) is 0 Å². The Morgan fingerprint density at radius 1 is 0.852 bits per heavy atom. The molecule has 1 nitrogen and oxygen atoms in total. The Bertz CT molecular complexity index is 296. The van der Waals surface area contributed by atoms with Crippen LogP contribution in [0, 0.1) is 16.7 Å². The van der Waals surface area contributed by atoms with E-state index in [1.54, 1.807) is 0 Å². The van der Waals surface area contributed by atoms with Crippen LogP contribution < -0.4 is 5.73 Å². The molecule has 2 N–H and O–H groups in total. The standard InChI is InChI=1S/C13H22.C4H10.2C3H8.C2H6.CH5N/c1-12(2,3)10-13(4,5)11-8-6-7-9-11;1-4(2)3;2*1-3-2;2*1-2/h6,8-9H,7,10H2,1-5H3;4H,1-3H3;2*3H2,1-2H3;1-2H3;2H2,1H3. The first kappa shape index (κ1) is 37.2. The van der Waals surface area contributed by atoms with Gasteiger partial charge in [-0.25, -0.2) is 0 Å². The summed E-state index contributed by atoms with van der Waals surface area (Å²) >= 11 is 0. The quantitative estimate of drug-likeness (QED) is 0.503. The molecule has 168 valence electrons. The number of hydrogen-bond donors (Lipinski definition) is 1. The van der Waals surface area contributed by atoms with Gasteiger partial charge in [0.05, 0.1) is 0 Å². The van der Waals surface area contributed by atoms with Crippen LogP contribution in [0.1, 0.15) is 123 Å². The third-order valence-corrected chi connectivity index (χ3v) is 2.53. The van der Waals surface area contributed by atoms with Gasteiger partial charge in [-0.05, 0) is 42.2 Å². The largest absolute Gasteiger partial charge is 0.333 e. The lowest BCUT2D eigenvalue weighted by molar-refractivity contribution is 0.253. The highest BCUT2D eigenvalue weighted by Gasteiger charge is 2.28. The summed E-state index contributed by atoms with van der Waals surface area (Å²) in [5, 5.41) is 0. The van der Waals surface area contributed by atoms with Crippen molar-refractivity contribution in [3.8, 4) is 0 Å². The maximum absolute atomic E-state index is 4.50. The summed E-state index contributed by atoms with van der Waals surface area (Å²) in [6, 6.07) is 0. The average Bonchev–Trinajstić information content (AvgIpc) is 3.05. The molecule has 0 heterocycles. The highest BCUT2D eigenvalue weighted by Crippen LogP contribution is 2.40. The van der Waals surface area contributed by atoms with E-state index in [9.17, 15) is 0 Å². The predicted molar refractivity (Wildman–Crippen MR) is 134 cm³/mol. The third-order valence-electron chi connectivity index (χ3n) is 2.53. The van der Waals surface area contributed by atoms with E-state index < -0.39 is 0 Å². The van der Waals surface area contributed by atoms with Crippen molar-refractivity contribution in [2.24, 2.45) is 22.5 Å². The van der Waals surface area contributed by atoms with Crippen LogP contribution in [-0.2, 0) is 0 Å². The molecule has 0 aliphatic heterocycles. The van der Waals surface area contributed by atoms with Gasteiger partial charge in [0.2, 0.25) is 0 Å². The van der Waals surface area contributed by atoms with Crippen LogP contribution in [0.15, 0.2) is 23.8 Å². The first-order valence-electron chi connectivity index (χ1n) is 11.3. The summed E-state index contributed by atoms with van der Waals surface area (Å²) in [7, 11) is 1.50. The zero-order chi connectivity index (χ0) is 23.1. The lowest BCUT2D eigenvalue weighted by Gasteiger charge is -2.33. The predicted octanol–water partition coefficient (Wildman–Crippen LogP) is 9.43. The molecule has 27 heavy (non-hydrogen) atoms. The maximum Gasteiger partial charge on any atom is -0.0102 e. The van der Waals surface area contributed by atoms with E-state index >= 15 is 0 Å². The van der Waals surface area contributed by atoms with Crippen molar-refractivity contribution >= 4 is 0 Å². The maximum atomic E-state index is 4.50. The van der Waals surface area contributed by atoms with E-state index in [2.05, 4.69) is 107 Å². The molecule has 0 aromatic rings. The van der Waals surface area contributed by atoms with Crippen molar-refractivity contribution in [3.63, 3.8) is 0 Å². The van der Waals surface area contributed by atoms with Gasteiger partial charge in [-0.2, -0.15) is 0 Å². The fraction of sp³-hybridized carbons (Fsp3) is 0.846. The molecule has 0 atom stereocenters. The molecule has 0 amide bonds. The summed E-state index contributed by atoms with van der Waals surface area (Å²) in [5.74, 6) is 0.833. The minimum absolute atomic E-state index is 0.339. The first-order valence-corrected chi connectivity index (χ1v) is 11.3. The summed E-state index contributed by atoms with van der Waals surface area (Å²) in [5.41, 5.74) is 6.77. The molecule has 1 heteroatoms. The monoisotopic (exact) mass is 385 g/mol. The number of allylic oxidation sites excluding steroid dienone is 4. The Balaban J connectivity index is -0.0000000957. The van der Waals surface area contributed by atoms with E-state index in [4.69, 9.17) is 0 Å². The molecular weight excluding hydrogens is 326 g/mol. The third kappa shape index (κ3) is 41.1. The van der Waals surface area contributed by atoms with Gasteiger partial charge in [0.15, 0.2) is 0 Å². The molecule has 0 saturated heterocycles. The van der Waals surface area contributed by atoms with Crippen molar-refractivity contribution in [2.45, 2.75) is 123 Å². The van der Waals surface area contributed by atoms with Gasteiger partial charge in [0, 0.05) is 0 Å². The van der Waals surface area contributed by atoms with Gasteiger partial charge in [0.1, 0.15) is 0 Å². The molecule has 0 saturated carbocycles. The van der Waals surface area contributed by atoms with Crippen LogP contribution in [-0.4, -0.2) is 7.05 Å². The molecule has 1 rings (SSSR count). The minimum Gasteiger partial charge on any atom is -0.333 e. The summed E-state index contributed by atoms with van der Waals surface area (Å²) in [6.45, 7) is 30.6. The molecule has 0 aromatic heterocycles. The van der Waals surface area contributed by atoms with Crippen molar-refractivity contribution < 1.29 is 0 Å². The van der Waals surface area contributed by atoms with Gasteiger partial charge >= 0.3 is 0 Å². The molecular formula is C26H59N. The Labute approximate surface area is 176 Å². The highest BCUT2D eigenvalue weighted by molar-refractivity contribution is 5.31. The number of nitrogens with two attached hydrogens (primary N) is 1. The van der Waals surface area contributed by atoms with E-state index in [0.717, 1.165) is 12.3 Å². The lowest BCUT2D eigenvalue weighted by atomic mass is 9.72. The summed E-state index contributed by atoms with van der Waals surface area (Å²) in [4.78, 5) is 0. The van der Waals surface area contributed by atoms with Crippen LogP contribution in [0.2, 0.25) is 0 Å². The SMILES string of the molecule is CC.CC(C)(C)CC(C)(C)C1=CCC=C1.CC(C)C.CCC.CCC.CN. The van der Waals surface area contributed by atoms with Crippen LogP contribution in [0.25, 0.3) is 0 Å². The van der Waals surface area contributed by atoms with Crippen molar-refractivity contribution in [1.82, 2.24) is 0 Å². The second-order valence-electron chi connectivity index (χ2n) is 9.07. The van der Waals surface area contributed by atoms with Gasteiger partial charge in [-0.15, -0.1) is 0 Å². The summed E-state index contributed by atoms with van der Waals surface area (Å²) in [6.07, 6.45) is 11.8. The Morgan fingerprint density at radius 2 is 1.15 bits per heavy atom. The number of hydrogen-bond acceptors (Lipinski definition) is 1. The zero-order valence-electron chi connectivity index (χ0n) is 22.2. The molecule has 0 radical (unpaired) electrons. The topological polar surface area (TPSA) is 26.0 Å². The lowest BCUT2D eigenvalue weighted by Crippen LogP contribution is -2.21. The molecule has 0 bridgehead atoms. The van der Waals surface area contributed by atoms with E-state index in [1.807, 2.05) is 13.8 Å². The van der Waals surface area contributed by atoms with E-state index in [0.29, 0.717) is 10.8 Å². The second-order valence-corrected chi connectivity index (χ2v) is 9.07. The smallest absolute Gasteiger partial charge is 0.0102 e. The second kappa shape index (κ2) is 25.4. The fourth-order valence-electron chi connectivity index (χ4n) is 2.39. The van der Waals surface area contributed by atoms with Crippen molar-refractivity contribution in [2.75, 3.05) is 7.05 Å². The van der Waals surface area contributed by atoms with Crippen molar-refractivity contribution in [3.05, 3.63) is 23.8 Å². The average molecular weight is 386 g/mol. The zero-order valence-corrected chi connectivity index (χ0v) is 22.2. The highest BCUT2D eigenvalue weighted by atomic mass is 14.4. The van der Waals surface area contributed by atoms with Gasteiger partial charge < -0.3 is 5.73 Å². The fourth-order valence-corrected chi connectivity index (χ4v) is 2.39. The van der Waals surface area contributed by atoms with Crippen LogP contribution >= 0.6 is 0 Å². The molecule has 0 spiro atoms. The number of rotatable bonds is 2. The van der Waals surface area contributed by atoms with Gasteiger partial charge in [-0.1, -0.05) is 128 Å². The Hall–Kier alpha value is -0.560. The van der Waals surface area contributed by atoms with Crippen LogP contribution in [0.3, 0.4) is 0 Å². The van der Waals surface area contributed by atoms with Crippen LogP contribution in [0.5, 0.6) is 0 Å². The Kier molecular flexibility index (Phi) is 35.1. The normalized spacial score (nSPS) is 11.7. The van der Waals surface area contributed by atoms with E-state index in [-0.39, 0.29) is 0 Å². The van der Waals surface area contributed by atoms with Gasteiger partial charge in [-0.3, -0.25) is 0 Å². The van der Waals surface area contributed by atoms with E-state index in [1.165, 1.54) is 31.9 Å². The molecule has 0 aromatic carbocycles. The molecule has 0 fully saturated rings.